The van der Waals surface area contributed by atoms with Crippen molar-refractivity contribution in [3.8, 4) is 0 Å². The predicted molar refractivity (Wildman–Crippen MR) is 136 cm³/mol. The van der Waals surface area contributed by atoms with E-state index in [4.69, 9.17) is 4.99 Å². The van der Waals surface area contributed by atoms with Crippen molar-refractivity contribution in [3.63, 3.8) is 0 Å². The molecule has 3 rings (SSSR count). The first-order chi connectivity index (χ1) is 13.8. The van der Waals surface area contributed by atoms with E-state index in [-0.39, 0.29) is 24.0 Å². The van der Waals surface area contributed by atoms with Gasteiger partial charge >= 0.3 is 0 Å². The van der Waals surface area contributed by atoms with Crippen molar-refractivity contribution in [2.45, 2.75) is 52.1 Å². The first-order valence-electron chi connectivity index (χ1n) is 11.0. The molecule has 1 saturated heterocycles. The van der Waals surface area contributed by atoms with E-state index in [1.807, 2.05) is 0 Å². The molecule has 2 aliphatic rings. The van der Waals surface area contributed by atoms with E-state index in [0.717, 1.165) is 25.6 Å². The second kappa shape index (κ2) is 13.1. The topological polar surface area (TPSA) is 42.9 Å². The summed E-state index contributed by atoms with van der Waals surface area (Å²) in [5, 5.41) is 7.09. The van der Waals surface area contributed by atoms with Crippen LogP contribution in [0.2, 0.25) is 0 Å². The van der Waals surface area contributed by atoms with E-state index in [2.05, 4.69) is 70.7 Å². The van der Waals surface area contributed by atoms with Crippen LogP contribution in [0.1, 0.15) is 45.1 Å². The van der Waals surface area contributed by atoms with Crippen LogP contribution in [-0.4, -0.2) is 56.2 Å². The Bertz CT molecular complexity index is 644. The fourth-order valence-corrected chi connectivity index (χ4v) is 3.91. The summed E-state index contributed by atoms with van der Waals surface area (Å²) >= 11 is 0. The zero-order valence-corrected chi connectivity index (χ0v) is 20.4. The van der Waals surface area contributed by atoms with Crippen molar-refractivity contribution < 1.29 is 0 Å². The molecule has 6 heteroatoms. The van der Waals surface area contributed by atoms with Crippen LogP contribution in [0.5, 0.6) is 0 Å². The first kappa shape index (κ1) is 24.0. The molecule has 0 radical (unpaired) electrons. The third-order valence-electron chi connectivity index (χ3n) is 5.61. The lowest BCUT2D eigenvalue weighted by Crippen LogP contribution is -2.48. The Morgan fingerprint density at radius 2 is 1.90 bits per heavy atom. The molecule has 29 heavy (non-hydrogen) atoms. The van der Waals surface area contributed by atoms with Crippen LogP contribution in [0.25, 0.3) is 0 Å². The van der Waals surface area contributed by atoms with Crippen molar-refractivity contribution in [2.24, 2.45) is 4.99 Å². The van der Waals surface area contributed by atoms with Gasteiger partial charge in [0, 0.05) is 44.5 Å². The van der Waals surface area contributed by atoms with Crippen LogP contribution >= 0.6 is 24.0 Å². The number of benzene rings is 1. The second-order valence-electron chi connectivity index (χ2n) is 7.86. The van der Waals surface area contributed by atoms with Crippen LogP contribution in [0.3, 0.4) is 0 Å². The van der Waals surface area contributed by atoms with E-state index in [1.54, 1.807) is 0 Å². The number of guanidine groups is 1. The number of aliphatic imine (C=N–C) groups is 1. The molecule has 0 spiro atoms. The van der Waals surface area contributed by atoms with Gasteiger partial charge in [-0.05, 0) is 50.4 Å². The van der Waals surface area contributed by atoms with Gasteiger partial charge in [-0.25, -0.2) is 4.99 Å². The van der Waals surface area contributed by atoms with Crippen molar-refractivity contribution in [2.75, 3.05) is 44.2 Å². The molecule has 1 aromatic rings. The predicted octanol–water partition coefficient (Wildman–Crippen LogP) is 4.00. The highest BCUT2D eigenvalue weighted by atomic mass is 127. The lowest BCUT2D eigenvalue weighted by Gasteiger charge is -2.33. The molecule has 0 aromatic heterocycles. The molecule has 0 atom stereocenters. The normalized spacial score (nSPS) is 18.0. The van der Waals surface area contributed by atoms with E-state index in [0.29, 0.717) is 12.6 Å². The Labute approximate surface area is 194 Å². The highest BCUT2D eigenvalue weighted by Crippen LogP contribution is 2.19. The molecule has 1 fully saturated rings. The molecule has 5 nitrogen and oxygen atoms in total. The van der Waals surface area contributed by atoms with Gasteiger partial charge in [0.05, 0.1) is 6.54 Å². The maximum atomic E-state index is 4.86. The summed E-state index contributed by atoms with van der Waals surface area (Å²) in [6, 6.07) is 9.30. The van der Waals surface area contributed by atoms with Crippen molar-refractivity contribution >= 4 is 35.6 Å². The zero-order valence-electron chi connectivity index (χ0n) is 18.1. The van der Waals surface area contributed by atoms with Crippen molar-refractivity contribution in [1.29, 1.82) is 0 Å². The van der Waals surface area contributed by atoms with Crippen LogP contribution < -0.4 is 15.5 Å². The van der Waals surface area contributed by atoms with Gasteiger partial charge in [0.25, 0.3) is 0 Å². The van der Waals surface area contributed by atoms with E-state index < -0.39 is 0 Å². The number of unbranched alkanes of at least 4 members (excludes halogenated alkanes) is 1. The summed E-state index contributed by atoms with van der Waals surface area (Å²) in [7, 11) is 0. The summed E-state index contributed by atoms with van der Waals surface area (Å²) in [6.45, 7) is 11.7. The first-order valence-corrected chi connectivity index (χ1v) is 11.0. The number of hydrogen-bond acceptors (Lipinski definition) is 3. The van der Waals surface area contributed by atoms with Crippen LogP contribution in [0.4, 0.5) is 5.69 Å². The number of piperidine rings is 1. The molecule has 0 unspecified atom stereocenters. The second-order valence-corrected chi connectivity index (χ2v) is 7.86. The highest BCUT2D eigenvalue weighted by molar-refractivity contribution is 14.0. The number of nitrogens with one attached hydrogen (secondary N) is 2. The average Bonchev–Trinajstić information content (AvgIpc) is 3.27. The summed E-state index contributed by atoms with van der Waals surface area (Å²) in [5.74, 6) is 0.947. The largest absolute Gasteiger partial charge is 0.364 e. The number of anilines is 1. The van der Waals surface area contributed by atoms with Gasteiger partial charge in [0.1, 0.15) is 0 Å². The number of likely N-dealkylation sites (tertiary alicyclic amines) is 1. The number of nitrogens with zero attached hydrogens (tertiary/aromatic N) is 3. The van der Waals surface area contributed by atoms with Gasteiger partial charge in [-0.1, -0.05) is 37.6 Å². The molecule has 0 saturated carbocycles. The van der Waals surface area contributed by atoms with E-state index in [9.17, 15) is 0 Å². The molecule has 1 aromatic carbocycles. The lowest BCUT2D eigenvalue weighted by molar-refractivity contribution is 0.203. The molecule has 2 N–H and O–H groups in total. The van der Waals surface area contributed by atoms with Crippen LogP contribution in [0.15, 0.2) is 41.4 Å². The number of rotatable bonds is 8. The van der Waals surface area contributed by atoms with Gasteiger partial charge in [-0.3, -0.25) is 0 Å². The molecule has 0 amide bonds. The average molecular weight is 511 g/mol. The Morgan fingerprint density at radius 1 is 1.14 bits per heavy atom. The van der Waals surface area contributed by atoms with Gasteiger partial charge in [-0.2, -0.15) is 0 Å². The van der Waals surface area contributed by atoms with Gasteiger partial charge in [0.2, 0.25) is 0 Å². The Hall–Kier alpha value is -1.28. The van der Waals surface area contributed by atoms with Crippen molar-refractivity contribution in [3.05, 3.63) is 42.0 Å². The zero-order chi connectivity index (χ0) is 19.6. The quantitative estimate of drug-likeness (QED) is 0.240. The maximum absolute atomic E-state index is 4.86. The molecule has 0 bridgehead atoms. The Kier molecular flexibility index (Phi) is 10.8. The monoisotopic (exact) mass is 511 g/mol. The van der Waals surface area contributed by atoms with Gasteiger partial charge < -0.3 is 20.4 Å². The Balaban J connectivity index is 0.00000300. The smallest absolute Gasteiger partial charge is 0.191 e. The highest BCUT2D eigenvalue weighted by Gasteiger charge is 2.19. The SMILES string of the molecule is CCCCN1CCC(NC(=NCc2cccc(N3CC=CC3)c2)NCC)CC1.I. The minimum Gasteiger partial charge on any atom is -0.364 e. The minimum absolute atomic E-state index is 0. The molecule has 2 heterocycles. The minimum atomic E-state index is 0. The summed E-state index contributed by atoms with van der Waals surface area (Å²) in [5.41, 5.74) is 2.55. The fourth-order valence-electron chi connectivity index (χ4n) is 3.91. The third kappa shape index (κ3) is 7.81. The maximum Gasteiger partial charge on any atom is 0.191 e. The van der Waals surface area contributed by atoms with E-state index >= 15 is 0 Å². The summed E-state index contributed by atoms with van der Waals surface area (Å²) in [4.78, 5) is 9.84. The van der Waals surface area contributed by atoms with Gasteiger partial charge in [-0.15, -0.1) is 24.0 Å². The number of halogens is 1. The molecular weight excluding hydrogens is 473 g/mol. The van der Waals surface area contributed by atoms with Crippen molar-refractivity contribution in [1.82, 2.24) is 15.5 Å². The Morgan fingerprint density at radius 3 is 2.59 bits per heavy atom. The number of hydrogen-bond donors (Lipinski definition) is 2. The van der Waals surface area contributed by atoms with E-state index in [1.165, 1.54) is 56.6 Å². The molecule has 2 aliphatic heterocycles. The molecule has 0 aliphatic carbocycles. The van der Waals surface area contributed by atoms with Crippen LogP contribution in [0, 0.1) is 0 Å². The van der Waals surface area contributed by atoms with Gasteiger partial charge in [0.15, 0.2) is 5.96 Å². The molecule has 162 valence electrons. The third-order valence-corrected chi connectivity index (χ3v) is 5.61. The molecular formula is C23H38IN5. The summed E-state index contributed by atoms with van der Waals surface area (Å²) in [6.07, 6.45) is 9.45. The fraction of sp³-hybridized carbons (Fsp3) is 0.609. The van der Waals surface area contributed by atoms with Crippen LogP contribution in [-0.2, 0) is 6.54 Å². The summed E-state index contributed by atoms with van der Waals surface area (Å²) < 4.78 is 0. The lowest BCUT2D eigenvalue weighted by atomic mass is 10.0. The standard InChI is InChI=1S/C23H37N5.HI/c1-3-5-13-27-16-11-21(12-17-27)26-23(24-4-2)25-19-20-9-8-10-22(18-20)28-14-6-7-15-28;/h6-10,18,21H,3-5,11-17,19H2,1-2H3,(H2,24,25,26);1H.